The summed E-state index contributed by atoms with van der Waals surface area (Å²) in [5, 5.41) is 7.21. The Kier molecular flexibility index (Phi) is 2.14. The highest BCUT2D eigenvalue weighted by atomic mass is 15.2. The third-order valence-corrected chi connectivity index (χ3v) is 4.73. The van der Waals surface area contributed by atoms with Crippen molar-refractivity contribution in [2.75, 3.05) is 11.9 Å². The third kappa shape index (κ3) is 1.19. The van der Waals surface area contributed by atoms with Gasteiger partial charge in [-0.25, -0.2) is 0 Å². The summed E-state index contributed by atoms with van der Waals surface area (Å²) in [6.45, 7) is 9.71. The van der Waals surface area contributed by atoms with Crippen molar-refractivity contribution in [3.8, 4) is 0 Å². The topological polar surface area (TPSA) is 24.1 Å². The van der Waals surface area contributed by atoms with Gasteiger partial charge in [0.1, 0.15) is 0 Å². The molecule has 3 rings (SSSR count). The van der Waals surface area contributed by atoms with Crippen molar-refractivity contribution in [2.45, 2.75) is 31.8 Å². The maximum absolute atomic E-state index is 4.05. The molecule has 17 heavy (non-hydrogen) atoms. The lowest BCUT2D eigenvalue weighted by atomic mass is 9.61. The fraction of sp³-hybridized carbons (Fsp3) is 0.467. The minimum absolute atomic E-state index is 0.0841. The minimum Gasteiger partial charge on any atom is -0.369 e. The summed E-state index contributed by atoms with van der Waals surface area (Å²) in [6.07, 6.45) is 3.62. The molecular formula is C15H20N2. The Hall–Kier alpha value is -1.28. The summed E-state index contributed by atoms with van der Waals surface area (Å²) < 4.78 is 0. The summed E-state index contributed by atoms with van der Waals surface area (Å²) in [5.41, 5.74) is 2.95. The predicted molar refractivity (Wildman–Crippen MR) is 72.1 cm³/mol. The van der Waals surface area contributed by atoms with E-state index in [4.69, 9.17) is 0 Å². The first kappa shape index (κ1) is 10.8. The third-order valence-electron chi connectivity index (χ3n) is 4.73. The molecule has 0 aromatic heterocycles. The molecule has 1 aromatic carbocycles. The molecule has 0 amide bonds. The van der Waals surface area contributed by atoms with E-state index in [9.17, 15) is 0 Å². The van der Waals surface area contributed by atoms with Crippen LogP contribution < -0.4 is 10.6 Å². The zero-order chi connectivity index (χ0) is 12.1. The van der Waals surface area contributed by atoms with Gasteiger partial charge >= 0.3 is 0 Å². The second-order valence-corrected chi connectivity index (χ2v) is 5.72. The Morgan fingerprint density at radius 2 is 2.18 bits per heavy atom. The van der Waals surface area contributed by atoms with Crippen LogP contribution in [-0.2, 0) is 5.41 Å². The molecule has 2 nitrogen and oxygen atoms in total. The smallest absolute Gasteiger partial charge is 0.0876 e. The van der Waals surface area contributed by atoms with Crippen LogP contribution in [-0.4, -0.2) is 12.7 Å². The number of hydrogen-bond donors (Lipinski definition) is 2. The first-order valence-corrected chi connectivity index (χ1v) is 6.35. The van der Waals surface area contributed by atoms with Gasteiger partial charge in [-0.2, -0.15) is 0 Å². The molecule has 1 fully saturated rings. The Morgan fingerprint density at radius 3 is 2.94 bits per heavy atom. The maximum atomic E-state index is 4.05. The number of benzene rings is 1. The van der Waals surface area contributed by atoms with Gasteiger partial charge in [0.2, 0.25) is 0 Å². The van der Waals surface area contributed by atoms with Crippen molar-refractivity contribution in [2.24, 2.45) is 5.41 Å². The van der Waals surface area contributed by atoms with Crippen molar-refractivity contribution in [3.63, 3.8) is 0 Å². The van der Waals surface area contributed by atoms with Gasteiger partial charge in [-0.15, -0.1) is 6.58 Å². The number of para-hydroxylation sites is 1. The van der Waals surface area contributed by atoms with Crippen molar-refractivity contribution in [1.29, 1.82) is 0 Å². The molecule has 0 spiro atoms. The maximum Gasteiger partial charge on any atom is 0.0876 e. The second-order valence-electron chi connectivity index (χ2n) is 5.72. The highest BCUT2D eigenvalue weighted by Crippen LogP contribution is 2.55. The molecule has 0 radical (unpaired) electrons. The monoisotopic (exact) mass is 228 g/mol. The number of allylic oxidation sites excluding steroid dienone is 1. The average Bonchev–Trinajstić information content (AvgIpc) is 2.85. The van der Waals surface area contributed by atoms with Crippen LogP contribution in [0.3, 0.4) is 0 Å². The van der Waals surface area contributed by atoms with Crippen molar-refractivity contribution in [1.82, 2.24) is 5.32 Å². The van der Waals surface area contributed by atoms with E-state index in [1.165, 1.54) is 17.7 Å². The molecule has 1 aromatic rings. The van der Waals surface area contributed by atoms with E-state index in [1.54, 1.807) is 0 Å². The molecule has 0 aliphatic carbocycles. The predicted octanol–water partition coefficient (Wildman–Crippen LogP) is 2.88. The summed E-state index contributed by atoms with van der Waals surface area (Å²) in [4.78, 5) is 0. The summed E-state index contributed by atoms with van der Waals surface area (Å²) in [6, 6.07) is 8.68. The quantitative estimate of drug-likeness (QED) is 0.761. The molecule has 1 saturated heterocycles. The first-order valence-electron chi connectivity index (χ1n) is 6.35. The van der Waals surface area contributed by atoms with Gasteiger partial charge in [0.25, 0.3) is 0 Å². The molecule has 2 N–H and O–H groups in total. The number of anilines is 1. The molecule has 0 bridgehead atoms. The molecule has 2 heteroatoms. The van der Waals surface area contributed by atoms with E-state index in [-0.39, 0.29) is 10.8 Å². The second kappa shape index (κ2) is 3.36. The van der Waals surface area contributed by atoms with Crippen LogP contribution in [0.4, 0.5) is 5.69 Å². The Balaban J connectivity index is 2.22. The van der Waals surface area contributed by atoms with Crippen LogP contribution in [0.2, 0.25) is 0 Å². The van der Waals surface area contributed by atoms with E-state index in [1.807, 2.05) is 0 Å². The van der Waals surface area contributed by atoms with Crippen LogP contribution >= 0.6 is 0 Å². The van der Waals surface area contributed by atoms with Gasteiger partial charge in [-0.1, -0.05) is 38.1 Å². The molecule has 2 heterocycles. The fourth-order valence-corrected chi connectivity index (χ4v) is 3.57. The Morgan fingerprint density at radius 1 is 1.41 bits per heavy atom. The highest BCUT2D eigenvalue weighted by molar-refractivity contribution is 5.64. The van der Waals surface area contributed by atoms with Crippen LogP contribution in [0.5, 0.6) is 0 Å². The lowest BCUT2D eigenvalue weighted by Gasteiger charge is -2.42. The molecular weight excluding hydrogens is 208 g/mol. The van der Waals surface area contributed by atoms with E-state index in [2.05, 4.69) is 61.4 Å². The van der Waals surface area contributed by atoms with E-state index >= 15 is 0 Å². The van der Waals surface area contributed by atoms with Gasteiger partial charge < -0.3 is 5.32 Å². The molecule has 2 atom stereocenters. The van der Waals surface area contributed by atoms with Crippen LogP contribution in [0.25, 0.3) is 0 Å². The number of hydrogen-bond acceptors (Lipinski definition) is 2. The highest BCUT2D eigenvalue weighted by Gasteiger charge is 2.57. The first-order chi connectivity index (χ1) is 8.12. The largest absolute Gasteiger partial charge is 0.369 e. The van der Waals surface area contributed by atoms with Gasteiger partial charge in [0.05, 0.1) is 6.17 Å². The minimum atomic E-state index is 0.0841. The molecule has 0 unspecified atom stereocenters. The Labute approximate surface area is 103 Å². The van der Waals surface area contributed by atoms with Gasteiger partial charge in [0, 0.05) is 11.1 Å². The molecule has 2 aliphatic heterocycles. The number of nitrogens with one attached hydrogen (secondary N) is 2. The lowest BCUT2D eigenvalue weighted by Crippen LogP contribution is -2.49. The van der Waals surface area contributed by atoms with Gasteiger partial charge in [0.15, 0.2) is 0 Å². The van der Waals surface area contributed by atoms with Gasteiger partial charge in [-0.3, -0.25) is 5.32 Å². The van der Waals surface area contributed by atoms with Crippen molar-refractivity contribution >= 4 is 5.69 Å². The summed E-state index contributed by atoms with van der Waals surface area (Å²) in [7, 11) is 0. The molecule has 0 saturated carbocycles. The number of rotatable bonds is 2. The fourth-order valence-electron chi connectivity index (χ4n) is 3.57. The summed E-state index contributed by atoms with van der Waals surface area (Å²) >= 11 is 0. The van der Waals surface area contributed by atoms with Crippen molar-refractivity contribution < 1.29 is 0 Å². The molecule has 2 aliphatic rings. The number of fused-ring (bicyclic) bond motifs is 3. The van der Waals surface area contributed by atoms with Crippen LogP contribution in [0, 0.1) is 5.41 Å². The van der Waals surface area contributed by atoms with E-state index in [0.29, 0.717) is 6.17 Å². The average molecular weight is 228 g/mol. The zero-order valence-electron chi connectivity index (χ0n) is 10.6. The zero-order valence-corrected chi connectivity index (χ0v) is 10.6. The van der Waals surface area contributed by atoms with Crippen LogP contribution in [0.15, 0.2) is 36.9 Å². The molecule has 90 valence electrons. The van der Waals surface area contributed by atoms with Gasteiger partial charge in [-0.05, 0) is 30.0 Å². The lowest BCUT2D eigenvalue weighted by molar-refractivity contribution is 0.217. The SMILES string of the molecule is C=CC(C)(C)[C@]12CCN[C@H]1Nc1ccccc12. The van der Waals surface area contributed by atoms with Crippen molar-refractivity contribution in [3.05, 3.63) is 42.5 Å². The van der Waals surface area contributed by atoms with Crippen LogP contribution in [0.1, 0.15) is 25.8 Å². The Bertz CT molecular complexity index is 464. The summed E-state index contributed by atoms with van der Waals surface area (Å²) in [5.74, 6) is 0. The standard InChI is InChI=1S/C15H20N2/c1-4-14(2,3)15-9-10-16-13(15)17-12-8-6-5-7-11(12)15/h4-8,13,16-17H,1,9-10H2,2-3H3/t13-,15-/m0/s1. The van der Waals surface area contributed by atoms with E-state index in [0.717, 1.165) is 6.54 Å². The van der Waals surface area contributed by atoms with E-state index < -0.39 is 0 Å². The normalized spacial score (nSPS) is 30.6.